The molecule has 0 amide bonds. The minimum absolute atomic E-state index is 1.34. The topological polar surface area (TPSA) is 662 Å². The van der Waals surface area contributed by atoms with E-state index in [2.05, 4.69) is 0 Å². The highest BCUT2D eigenvalue weighted by Gasteiger charge is 2.69. The molecule has 0 radical (unpaired) electrons. The molecule has 18 heterocycles. The summed E-state index contributed by atoms with van der Waals surface area (Å²) in [4.78, 5) is 48.1. The fourth-order valence-electron chi connectivity index (χ4n) is 11.2. The van der Waals surface area contributed by atoms with E-state index < -0.39 is 434 Å². The van der Waals surface area contributed by atoms with Crippen LogP contribution in [0.25, 0.3) is 0 Å². The first-order valence-electron chi connectivity index (χ1n) is 36.1. The lowest BCUT2D eigenvalue weighted by Crippen LogP contribution is -2.71. The molecule has 0 aliphatic carbocycles. The van der Waals surface area contributed by atoms with E-state index >= 15 is 0 Å². The Hall–Kier alpha value is 7.30. The summed E-state index contributed by atoms with van der Waals surface area (Å²) in [5, 5.41) is 0. The smallest absolute Gasteiger partial charge is 0.420 e. The van der Waals surface area contributed by atoms with Crippen LogP contribution >= 0.6 is 0 Å². The molecule has 0 aromatic rings. The van der Waals surface area contributed by atoms with E-state index in [9.17, 15) is 19.2 Å². The van der Waals surface area contributed by atoms with Gasteiger partial charge < -0.3 is 279 Å². The lowest BCUT2D eigenvalue weighted by Gasteiger charge is -2.42. The lowest BCUT2D eigenvalue weighted by molar-refractivity contribution is 0.0749. The molecule has 113 heteroatoms. The molecule has 18 aliphatic rings. The lowest BCUT2D eigenvalue weighted by atomic mass is 11.8. The van der Waals surface area contributed by atoms with E-state index in [1.165, 1.54) is 13.7 Å². The summed E-state index contributed by atoms with van der Waals surface area (Å²) in [5.41, 5.74) is 0. The second-order valence-corrected chi connectivity index (χ2v) is 129. The SMILES string of the molecule is CO[SiH]1O[SiH](C)O[SiH](C)O[SiH]2O[SiH]3O[SiH]4O[SiH](C)O[Si]5(C)O[SiH](O)O[SiH]6O[SiH](O)O[SiH]7O[SiH]8O[SiH](O)O[SiH]9O[SiH](O)O[SiH]%10O[SiH](C)O[SiH]%11O[SiH](C)O[SiH]%12O[SiH]%13O[SiH](C)O[SiH](C)O[SiH](C)O[SiH]%14O[SiH](O1)O[SiH](O2)O[SiH]1O[SiH]2O[SiH](O[SiH](O7)O[SiH](O[SiH](O9)O8)O[SiH]7O[SiH](O1)O[SiH](O[SiH](O%14)O%13)O[Si]1(O%12)O[SiH](O%11)O[SiH](O%10)O[SiH]1O7)O[SiH](O6)O[SiH](O[SiH](O[SiH](O4)O3)O2)O5. The number of hydrogen-bond donors (Lipinski definition) is 4. The molecule has 0 aromatic heterocycles. The van der Waals surface area contributed by atoms with Crippen LogP contribution in [0.5, 0.6) is 0 Å². The maximum Gasteiger partial charge on any atom is 0.511 e. The predicted molar refractivity (Wildman–Crippen MR) is 462 cm³/mol. The van der Waals surface area contributed by atoms with Gasteiger partial charge in [0.1, 0.15) is 0 Å². The van der Waals surface area contributed by atoms with Gasteiger partial charge in [0.05, 0.1) is 0 Å². The van der Waals surface area contributed by atoms with E-state index in [1.54, 1.807) is 52.4 Å². The first-order chi connectivity index (χ1) is 59.1. The molecular formula is C10H78O67Si46. The Bertz CT molecular complexity index is 3350. The summed E-state index contributed by atoms with van der Waals surface area (Å²) in [6.07, 6.45) is 0. The standard InChI is InChI=1S/C10H78O67Si46/c1-15-90-19-79(3)18-82(6)21-94-38-102-42-96-27-85(9)72-122(10)73-89(14)34-98-31-88(13)33-100-46-99-32-87(12)30-97-29-86(11)28-92-25-83(7)23-91-24-84(8)26-117-64-95-22-81(5)17-78(2)16-80(4)20-93-37-101(35-90)49-103(39-94)51-107-55-109-56-108(58-112(45-98)65-118(74-122)66-113(59-109)57-104(43-96)50-102)53-106(48-100)54-110(52-105(44-97)47-99)61-115-62-114(60-107)68-120(67-111(40-93)41-95)77-123(75-117)76-119(63-91)69-116(36-92)71-121(123)70-115/h11-14,78-121H,1-10H3. The Balaban J connectivity index is 0.865. The largest absolute Gasteiger partial charge is 0.511 e. The molecule has 33 bridgehead atoms. The molecular weight excluding hydrogens is 2480 g/mol. The summed E-state index contributed by atoms with van der Waals surface area (Å²) >= 11 is 0. The summed E-state index contributed by atoms with van der Waals surface area (Å²) < 4.78 is 424. The molecule has 704 valence electrons. The maximum atomic E-state index is 12.2. The van der Waals surface area contributed by atoms with Gasteiger partial charge in [-0.25, -0.2) is 0 Å². The highest BCUT2D eigenvalue weighted by molar-refractivity contribution is 7.25. The van der Waals surface area contributed by atoms with Gasteiger partial charge in [0.2, 0.25) is 0 Å². The van der Waals surface area contributed by atoms with Gasteiger partial charge in [-0.1, -0.05) is 0 Å². The van der Waals surface area contributed by atoms with Crippen molar-refractivity contribution in [3.05, 3.63) is 0 Å². The van der Waals surface area contributed by atoms with E-state index in [-0.39, 0.29) is 0 Å². The third-order valence-corrected chi connectivity index (χ3v) is 149. The van der Waals surface area contributed by atoms with Crippen molar-refractivity contribution in [3.63, 3.8) is 0 Å². The van der Waals surface area contributed by atoms with Gasteiger partial charge in [0.25, 0.3) is 9.28 Å². The minimum atomic E-state index is -5.47. The van der Waals surface area contributed by atoms with Gasteiger partial charge in [0, 0.05) is 13.7 Å². The van der Waals surface area contributed by atoms with Crippen LogP contribution in [0.1, 0.15) is 0 Å². The van der Waals surface area contributed by atoms with Gasteiger partial charge in [-0.3, -0.25) is 0 Å². The Labute approximate surface area is 771 Å². The summed E-state index contributed by atoms with van der Waals surface area (Å²) in [6, 6.07) is 0. The number of rotatable bonds is 1. The molecule has 0 saturated carbocycles. The van der Waals surface area contributed by atoms with Crippen LogP contribution in [0.2, 0.25) is 58.9 Å². The zero-order valence-electron chi connectivity index (χ0n) is 63.9. The van der Waals surface area contributed by atoms with Crippen LogP contribution in [0.4, 0.5) is 0 Å². The summed E-state index contributed by atoms with van der Waals surface area (Å²) in [6.45, 7) is 14.7. The third-order valence-electron chi connectivity index (χ3n) is 16.0. The summed E-state index contributed by atoms with van der Waals surface area (Å²) in [7, 11) is -187. The average molecular weight is 2560 g/mol. The van der Waals surface area contributed by atoms with Gasteiger partial charge >= 0.3 is 424 Å². The Morgan fingerprint density at radius 1 is 0.163 bits per heavy atom. The minimum Gasteiger partial charge on any atom is -0.420 e. The molecule has 67 nitrogen and oxygen atoms in total. The van der Waals surface area contributed by atoms with Crippen molar-refractivity contribution in [3.8, 4) is 0 Å². The van der Waals surface area contributed by atoms with E-state index in [0.717, 1.165) is 0 Å². The molecule has 4 N–H and O–H groups in total. The van der Waals surface area contributed by atoms with Crippen molar-refractivity contribution >= 4 is 434 Å². The second-order valence-electron chi connectivity index (χ2n) is 25.1. The maximum absolute atomic E-state index is 12.2. The molecule has 18 aliphatic heterocycles. The van der Waals surface area contributed by atoms with Crippen molar-refractivity contribution in [2.24, 2.45) is 0 Å². The first kappa shape index (κ1) is 100. The fourth-order valence-corrected chi connectivity index (χ4v) is 174. The van der Waals surface area contributed by atoms with Crippen molar-refractivity contribution in [2.45, 2.75) is 58.9 Å². The molecule has 123 heavy (non-hydrogen) atoms. The van der Waals surface area contributed by atoms with Crippen LogP contribution < -0.4 is 0 Å². The molecule has 18 fully saturated rings. The van der Waals surface area contributed by atoms with E-state index in [4.69, 9.17) is 260 Å². The third kappa shape index (κ3) is 28.9. The molecule has 18 saturated heterocycles. The highest BCUT2D eigenvalue weighted by Crippen LogP contribution is 2.35. The molecule has 1 spiro atoms. The highest BCUT2D eigenvalue weighted by atomic mass is 29.3. The van der Waals surface area contributed by atoms with Crippen LogP contribution in [-0.4, -0.2) is 460 Å². The van der Waals surface area contributed by atoms with Gasteiger partial charge in [-0.15, -0.1) is 0 Å². The Morgan fingerprint density at radius 3 is 0.642 bits per heavy atom. The molecule has 0 aromatic carbocycles. The van der Waals surface area contributed by atoms with Crippen LogP contribution in [0.3, 0.4) is 0 Å². The van der Waals surface area contributed by atoms with Gasteiger partial charge in [-0.05, 0) is 52.4 Å². The quantitative estimate of drug-likeness (QED) is 0.177. The second kappa shape index (κ2) is 46.3. The van der Waals surface area contributed by atoms with Gasteiger partial charge in [0.15, 0.2) is 0 Å². The van der Waals surface area contributed by atoms with Crippen molar-refractivity contribution < 1.29 is 279 Å². The normalized spacial score (nSPS) is 54.3. The van der Waals surface area contributed by atoms with Crippen molar-refractivity contribution in [1.82, 2.24) is 0 Å². The zero-order chi connectivity index (χ0) is 85.0. The number of fused-ring (bicyclic) bond motifs is 14. The molecule has 46 unspecified atom stereocenters. The van der Waals surface area contributed by atoms with E-state index in [1.807, 2.05) is 0 Å². The zero-order valence-corrected chi connectivity index (χ0v) is 117. The molecule has 46 atom stereocenters. The molecule has 18 rings (SSSR count). The first-order valence-corrected chi connectivity index (χ1v) is 109. The van der Waals surface area contributed by atoms with Crippen LogP contribution in [0, 0.1) is 0 Å². The van der Waals surface area contributed by atoms with Gasteiger partial charge in [-0.2, -0.15) is 0 Å². The number of hydrogen-bond acceptors (Lipinski definition) is 67. The van der Waals surface area contributed by atoms with Crippen LogP contribution in [-0.2, 0) is 260 Å². The van der Waals surface area contributed by atoms with Crippen molar-refractivity contribution in [2.75, 3.05) is 7.11 Å². The van der Waals surface area contributed by atoms with Crippen molar-refractivity contribution in [1.29, 1.82) is 0 Å². The van der Waals surface area contributed by atoms with Crippen LogP contribution in [0.15, 0.2) is 0 Å². The predicted octanol–water partition coefficient (Wildman–Crippen LogP) is -30.4. The average Bonchev–Trinajstić information content (AvgIpc) is 1.67. The Kier molecular flexibility index (Phi) is 37.8. The fraction of sp³-hybridized carbons (Fsp3) is 1.00. The van der Waals surface area contributed by atoms with E-state index in [0.29, 0.717) is 0 Å². The summed E-state index contributed by atoms with van der Waals surface area (Å²) in [5.74, 6) is 0. The monoisotopic (exact) mass is 2560 g/mol. The Morgan fingerprint density at radius 2 is 0.341 bits per heavy atom.